The van der Waals surface area contributed by atoms with Gasteiger partial charge in [-0.05, 0) is 64.0 Å². The Morgan fingerprint density at radius 3 is 1.95 bits per heavy atom. The van der Waals surface area contributed by atoms with Crippen molar-refractivity contribution in [1.82, 2.24) is 0 Å². The summed E-state index contributed by atoms with van der Waals surface area (Å²) in [7, 11) is 0. The highest BCUT2D eigenvalue weighted by molar-refractivity contribution is 6.01. The average molecular weight is 597 g/mol. The highest BCUT2D eigenvalue weighted by Crippen LogP contribution is 2.51. The Bertz CT molecular complexity index is 1460. The number of Topliss-reactive ketones (excluding diaryl/α,β-unsaturated/α-hetero) is 1. The van der Waals surface area contributed by atoms with Gasteiger partial charge in [-0.2, -0.15) is 0 Å². The van der Waals surface area contributed by atoms with Gasteiger partial charge in [0.25, 0.3) is 0 Å². The van der Waals surface area contributed by atoms with Crippen LogP contribution < -0.4 is 0 Å². The van der Waals surface area contributed by atoms with E-state index in [-0.39, 0.29) is 35.3 Å². The van der Waals surface area contributed by atoms with Crippen LogP contribution in [0.4, 0.5) is 0 Å². The van der Waals surface area contributed by atoms with Gasteiger partial charge in [0.15, 0.2) is 5.78 Å². The lowest BCUT2D eigenvalue weighted by Crippen LogP contribution is -2.36. The molecular formula is C40H52O4. The maximum Gasteiger partial charge on any atom is 0.166 e. The fourth-order valence-corrected chi connectivity index (χ4v) is 5.78. The van der Waals surface area contributed by atoms with Crippen LogP contribution in [0.5, 0.6) is 0 Å². The summed E-state index contributed by atoms with van der Waals surface area (Å²) in [5, 5.41) is 20.6. The molecule has 1 saturated carbocycles. The lowest BCUT2D eigenvalue weighted by Gasteiger charge is -2.35. The molecule has 2 aliphatic rings. The molecule has 44 heavy (non-hydrogen) atoms. The predicted molar refractivity (Wildman–Crippen MR) is 184 cm³/mol. The Balaban J connectivity index is 1.95. The third-order valence-corrected chi connectivity index (χ3v) is 8.92. The first-order valence-electron chi connectivity index (χ1n) is 15.5. The minimum atomic E-state index is -0.803. The molecule has 0 aliphatic heterocycles. The van der Waals surface area contributed by atoms with Crippen molar-refractivity contribution in [2.45, 2.75) is 101 Å². The van der Waals surface area contributed by atoms with E-state index in [1.165, 1.54) is 11.6 Å². The summed E-state index contributed by atoms with van der Waals surface area (Å²) in [4.78, 5) is 25.0. The average Bonchev–Trinajstić information content (AvgIpc) is 3.11. The fourth-order valence-electron chi connectivity index (χ4n) is 5.78. The van der Waals surface area contributed by atoms with E-state index < -0.39 is 10.8 Å². The number of allylic oxidation sites excluding steroid dienone is 16. The molecule has 0 radical (unpaired) electrons. The molecule has 2 rings (SSSR count). The van der Waals surface area contributed by atoms with E-state index in [1.54, 1.807) is 13.0 Å². The van der Waals surface area contributed by atoms with Crippen LogP contribution in [0, 0.1) is 28.1 Å². The van der Waals surface area contributed by atoms with Crippen LogP contribution in [-0.4, -0.2) is 27.9 Å². The number of ketones is 2. The summed E-state index contributed by atoms with van der Waals surface area (Å²) in [6.07, 6.45) is 22.6. The first-order chi connectivity index (χ1) is 20.4. The van der Waals surface area contributed by atoms with Crippen molar-refractivity contribution in [2.75, 3.05) is 0 Å². The number of aliphatic hydroxyl groups is 2. The molecule has 2 aliphatic carbocycles. The smallest absolute Gasteiger partial charge is 0.166 e. The normalized spacial score (nSPS) is 25.4. The molecule has 0 heterocycles. The number of hydrogen-bond donors (Lipinski definition) is 2. The van der Waals surface area contributed by atoms with Gasteiger partial charge in [0.2, 0.25) is 0 Å². The van der Waals surface area contributed by atoms with Gasteiger partial charge in [-0.25, -0.2) is 0 Å². The minimum absolute atomic E-state index is 0.0790. The Kier molecular flexibility index (Phi) is 12.7. The van der Waals surface area contributed by atoms with Crippen LogP contribution >= 0.6 is 0 Å². The molecule has 0 saturated heterocycles. The molecule has 2 atom stereocenters. The van der Waals surface area contributed by atoms with E-state index in [0.29, 0.717) is 18.4 Å². The van der Waals surface area contributed by atoms with E-state index in [9.17, 15) is 19.8 Å². The van der Waals surface area contributed by atoms with Crippen molar-refractivity contribution in [3.8, 4) is 11.8 Å². The van der Waals surface area contributed by atoms with Crippen LogP contribution in [0.3, 0.4) is 0 Å². The topological polar surface area (TPSA) is 74.6 Å². The molecule has 236 valence electrons. The van der Waals surface area contributed by atoms with Crippen LogP contribution in [0.2, 0.25) is 0 Å². The maximum atomic E-state index is 13.0. The maximum absolute atomic E-state index is 13.0. The monoisotopic (exact) mass is 596 g/mol. The SMILES string of the molecule is CC1=C(C#C/C(C)=C/C=C/C(C)=C/C=C/C=C(C)/C=C/C=C(C)/C(O)=C/C(=O)[C@]2(C)CC(=O)CC2(C)C)C(C)(C)C[C@H](O)C1. The van der Waals surface area contributed by atoms with E-state index >= 15 is 0 Å². The zero-order valence-corrected chi connectivity index (χ0v) is 28.5. The third-order valence-electron chi connectivity index (χ3n) is 8.92. The van der Waals surface area contributed by atoms with Gasteiger partial charge < -0.3 is 10.2 Å². The number of carbonyl (C=O) groups is 2. The molecule has 4 heteroatoms. The lowest BCUT2D eigenvalue weighted by atomic mass is 9.66. The zero-order chi connectivity index (χ0) is 33.3. The summed E-state index contributed by atoms with van der Waals surface area (Å²) in [5.74, 6) is 6.43. The number of hydrogen-bond acceptors (Lipinski definition) is 4. The molecule has 0 aromatic heterocycles. The van der Waals surface area contributed by atoms with Crippen molar-refractivity contribution in [2.24, 2.45) is 16.2 Å². The molecular weight excluding hydrogens is 544 g/mol. The Morgan fingerprint density at radius 1 is 0.864 bits per heavy atom. The van der Waals surface area contributed by atoms with Crippen molar-refractivity contribution in [3.63, 3.8) is 0 Å². The Hall–Kier alpha value is -3.68. The molecule has 0 bridgehead atoms. The summed E-state index contributed by atoms with van der Waals surface area (Å²) >= 11 is 0. The van der Waals surface area contributed by atoms with Crippen LogP contribution in [0.15, 0.2) is 106 Å². The second-order valence-electron chi connectivity index (χ2n) is 14.0. The van der Waals surface area contributed by atoms with Crippen LogP contribution in [0.25, 0.3) is 0 Å². The molecule has 0 unspecified atom stereocenters. The summed E-state index contributed by atoms with van der Waals surface area (Å²) in [5.41, 5.74) is 4.68. The predicted octanol–water partition coefficient (Wildman–Crippen LogP) is 9.35. The van der Waals surface area contributed by atoms with Crippen molar-refractivity contribution in [1.29, 1.82) is 0 Å². The fraction of sp³-hybridized carbons (Fsp3) is 0.450. The molecule has 0 amide bonds. The lowest BCUT2D eigenvalue weighted by molar-refractivity contribution is -0.128. The van der Waals surface area contributed by atoms with Crippen LogP contribution in [0.1, 0.15) is 94.9 Å². The van der Waals surface area contributed by atoms with Gasteiger partial charge in [-0.15, -0.1) is 0 Å². The Labute approximate surface area is 266 Å². The van der Waals surface area contributed by atoms with Gasteiger partial charge in [0.1, 0.15) is 11.5 Å². The molecule has 0 aromatic rings. The van der Waals surface area contributed by atoms with Crippen molar-refractivity contribution >= 4 is 11.6 Å². The van der Waals surface area contributed by atoms with Gasteiger partial charge in [-0.1, -0.05) is 124 Å². The van der Waals surface area contributed by atoms with Gasteiger partial charge >= 0.3 is 0 Å². The molecule has 1 fully saturated rings. The van der Waals surface area contributed by atoms with Gasteiger partial charge in [-0.3, -0.25) is 9.59 Å². The standard InChI is InChI=1S/C40H52O4/c1-28(17-13-18-30(3)21-22-35-32(5)23-33(41)25-38(35,6)7)15-11-12-16-29(2)19-14-20-31(4)36(43)24-37(44)40(10)27-34(42)26-39(40,8)9/h11-20,24,33,41,43H,23,25-27H2,1-10H3/b12-11+,17-13+,19-14+,28-15+,29-16+,30-18+,31-20+,36-24-/t33-,40+/m1/s1. The summed E-state index contributed by atoms with van der Waals surface area (Å²) in [6, 6.07) is 0. The molecule has 2 N–H and O–H groups in total. The van der Waals surface area contributed by atoms with Crippen molar-refractivity contribution in [3.05, 3.63) is 106 Å². The van der Waals surface area contributed by atoms with E-state index in [1.807, 2.05) is 96.2 Å². The first-order valence-corrected chi connectivity index (χ1v) is 15.5. The molecule has 0 spiro atoms. The van der Waals surface area contributed by atoms with Crippen molar-refractivity contribution < 1.29 is 19.8 Å². The van der Waals surface area contributed by atoms with Gasteiger partial charge in [0.05, 0.1) is 6.10 Å². The quantitative estimate of drug-likeness (QED) is 0.120. The Morgan fingerprint density at radius 2 is 1.43 bits per heavy atom. The molecule has 0 aromatic carbocycles. The highest BCUT2D eigenvalue weighted by Gasteiger charge is 2.53. The number of aliphatic hydroxyl groups excluding tert-OH is 2. The minimum Gasteiger partial charge on any atom is -0.508 e. The van der Waals surface area contributed by atoms with E-state index in [0.717, 1.165) is 28.7 Å². The van der Waals surface area contributed by atoms with E-state index in [2.05, 4.69) is 32.6 Å². The summed E-state index contributed by atoms with van der Waals surface area (Å²) < 4.78 is 0. The zero-order valence-electron chi connectivity index (χ0n) is 28.5. The number of carbonyl (C=O) groups excluding carboxylic acids is 2. The largest absolute Gasteiger partial charge is 0.508 e. The second kappa shape index (κ2) is 15.4. The van der Waals surface area contributed by atoms with Gasteiger partial charge in [0, 0.05) is 35.3 Å². The first kappa shape index (κ1) is 36.5. The highest BCUT2D eigenvalue weighted by atomic mass is 16.3. The number of rotatable bonds is 9. The second-order valence-corrected chi connectivity index (χ2v) is 14.0. The molecule has 4 nitrogen and oxygen atoms in total. The van der Waals surface area contributed by atoms with E-state index in [4.69, 9.17) is 0 Å². The third kappa shape index (κ3) is 10.2. The summed E-state index contributed by atoms with van der Waals surface area (Å²) in [6.45, 7) is 19.8. The van der Waals surface area contributed by atoms with Crippen LogP contribution in [-0.2, 0) is 9.59 Å².